The van der Waals surface area contributed by atoms with E-state index in [0.717, 1.165) is 32.1 Å². The lowest BCUT2D eigenvalue weighted by atomic mass is 9.49. The first kappa shape index (κ1) is 14.7. The molecule has 122 valence electrons. The van der Waals surface area contributed by atoms with Gasteiger partial charge in [-0.15, -0.1) is 0 Å². The van der Waals surface area contributed by atoms with Crippen molar-refractivity contribution in [1.82, 2.24) is 5.32 Å². The maximum atomic E-state index is 12.8. The number of nitrogens with one attached hydrogen (secondary N) is 1. The Morgan fingerprint density at radius 3 is 2.64 bits per heavy atom. The van der Waals surface area contributed by atoms with Crippen LogP contribution in [0.3, 0.4) is 0 Å². The zero-order chi connectivity index (χ0) is 15.7. The zero-order valence-corrected chi connectivity index (χ0v) is 13.6. The minimum atomic E-state index is -0.281. The van der Waals surface area contributed by atoms with Gasteiger partial charge in [0, 0.05) is 23.8 Å². The maximum Gasteiger partial charge on any atom is 0.223 e. The fraction of sp³-hybridized carbons (Fsp3) is 0.889. The van der Waals surface area contributed by atoms with Gasteiger partial charge >= 0.3 is 0 Å². The molecule has 4 rings (SSSR count). The van der Waals surface area contributed by atoms with Gasteiger partial charge in [0.15, 0.2) is 0 Å². The topological polar surface area (TPSA) is 66.4 Å². The van der Waals surface area contributed by atoms with Crippen molar-refractivity contribution in [1.29, 1.82) is 0 Å². The molecule has 1 amide bonds. The van der Waals surface area contributed by atoms with E-state index in [4.69, 9.17) is 0 Å². The molecule has 0 aromatic heterocycles. The smallest absolute Gasteiger partial charge is 0.223 e. The lowest BCUT2D eigenvalue weighted by Gasteiger charge is -2.59. The highest BCUT2D eigenvalue weighted by Gasteiger charge is 2.62. The number of Topliss-reactive ketones (excluding diaryl/α,β-unsaturated/α-hetero) is 1. The third-order valence-corrected chi connectivity index (χ3v) is 7.77. The van der Waals surface area contributed by atoms with E-state index in [1.54, 1.807) is 0 Å². The van der Waals surface area contributed by atoms with Crippen LogP contribution in [-0.4, -0.2) is 28.9 Å². The van der Waals surface area contributed by atoms with Crippen LogP contribution in [-0.2, 0) is 9.59 Å². The standard InChI is InChI=1S/C18H27NO3/c1-17-7-5-10(20)9-13(17)19-16(22)15-11-3-4-14(21)18(11,2)8-6-12(15)17/h10-13,15,20H,3-9H2,1-2H3,(H,19,22)/t10-,11-,12-,13?,15-,17+,18-/m0/s1. The quantitative estimate of drug-likeness (QED) is 0.720. The first-order chi connectivity index (χ1) is 10.4. The molecule has 0 bridgehead atoms. The number of amides is 1. The van der Waals surface area contributed by atoms with Gasteiger partial charge in [-0.3, -0.25) is 9.59 Å². The van der Waals surface area contributed by atoms with Gasteiger partial charge in [0.2, 0.25) is 5.91 Å². The van der Waals surface area contributed by atoms with Crippen LogP contribution in [0.2, 0.25) is 0 Å². The van der Waals surface area contributed by atoms with Gasteiger partial charge in [-0.05, 0) is 55.8 Å². The third kappa shape index (κ3) is 1.73. The number of hydrogen-bond donors (Lipinski definition) is 2. The van der Waals surface area contributed by atoms with E-state index >= 15 is 0 Å². The predicted octanol–water partition coefficient (Wildman–Crippen LogP) is 2.05. The Kier molecular flexibility index (Phi) is 3.04. The molecule has 0 aromatic rings. The van der Waals surface area contributed by atoms with Gasteiger partial charge in [0.05, 0.1) is 6.10 Å². The van der Waals surface area contributed by atoms with Gasteiger partial charge in [-0.25, -0.2) is 0 Å². The summed E-state index contributed by atoms with van der Waals surface area (Å²) in [6.45, 7) is 4.40. The Hall–Kier alpha value is -0.900. The highest BCUT2D eigenvalue weighted by molar-refractivity contribution is 5.90. The molecule has 0 aromatic carbocycles. The third-order valence-electron chi connectivity index (χ3n) is 7.77. The van der Waals surface area contributed by atoms with Crippen LogP contribution in [0.5, 0.6) is 0 Å². The van der Waals surface area contributed by atoms with Gasteiger partial charge < -0.3 is 10.4 Å². The molecular weight excluding hydrogens is 278 g/mol. The number of carbonyl (C=O) groups is 2. The number of aliphatic hydroxyl groups excluding tert-OH is 1. The second-order valence-corrected chi connectivity index (χ2v) is 8.65. The van der Waals surface area contributed by atoms with Gasteiger partial charge in [0.25, 0.3) is 0 Å². The van der Waals surface area contributed by atoms with Gasteiger partial charge in [0.1, 0.15) is 5.78 Å². The van der Waals surface area contributed by atoms with Crippen LogP contribution in [0, 0.1) is 28.6 Å². The van der Waals surface area contributed by atoms with Crippen LogP contribution in [0.15, 0.2) is 0 Å². The summed E-state index contributed by atoms with van der Waals surface area (Å²) < 4.78 is 0. The van der Waals surface area contributed by atoms with E-state index < -0.39 is 0 Å². The minimum Gasteiger partial charge on any atom is -0.393 e. The Balaban J connectivity index is 1.70. The van der Waals surface area contributed by atoms with E-state index in [-0.39, 0.29) is 40.7 Å². The Morgan fingerprint density at radius 1 is 1.09 bits per heavy atom. The van der Waals surface area contributed by atoms with Gasteiger partial charge in [-0.1, -0.05) is 13.8 Å². The normalized spacial score (nSPS) is 54.2. The molecule has 1 saturated heterocycles. The lowest BCUT2D eigenvalue weighted by Crippen LogP contribution is -2.66. The monoisotopic (exact) mass is 305 g/mol. The molecule has 1 heterocycles. The van der Waals surface area contributed by atoms with Crippen molar-refractivity contribution in [3.8, 4) is 0 Å². The highest BCUT2D eigenvalue weighted by Crippen LogP contribution is 2.61. The van der Waals surface area contributed by atoms with Crippen LogP contribution in [0.4, 0.5) is 0 Å². The number of ketones is 1. The zero-order valence-electron chi connectivity index (χ0n) is 13.6. The summed E-state index contributed by atoms with van der Waals surface area (Å²) >= 11 is 0. The van der Waals surface area contributed by atoms with E-state index in [2.05, 4.69) is 19.2 Å². The number of piperidine rings is 1. The van der Waals surface area contributed by atoms with Crippen molar-refractivity contribution >= 4 is 11.7 Å². The molecule has 7 atom stereocenters. The van der Waals surface area contributed by atoms with Crippen molar-refractivity contribution < 1.29 is 14.7 Å². The molecule has 1 aliphatic heterocycles. The number of fused-ring (bicyclic) bond motifs is 5. The van der Waals surface area contributed by atoms with Crippen LogP contribution < -0.4 is 5.32 Å². The second-order valence-electron chi connectivity index (χ2n) is 8.65. The van der Waals surface area contributed by atoms with Crippen molar-refractivity contribution in [3.05, 3.63) is 0 Å². The fourth-order valence-electron chi connectivity index (χ4n) is 6.27. The molecule has 4 fully saturated rings. The first-order valence-corrected chi connectivity index (χ1v) is 8.88. The van der Waals surface area contributed by atoms with Crippen molar-refractivity contribution in [2.24, 2.45) is 28.6 Å². The van der Waals surface area contributed by atoms with Crippen LogP contribution >= 0.6 is 0 Å². The summed E-state index contributed by atoms with van der Waals surface area (Å²) in [6, 6.07) is 0.103. The molecule has 4 aliphatic rings. The summed E-state index contributed by atoms with van der Waals surface area (Å²) in [6.07, 6.45) is 5.69. The Morgan fingerprint density at radius 2 is 1.86 bits per heavy atom. The maximum absolute atomic E-state index is 12.8. The summed E-state index contributed by atoms with van der Waals surface area (Å²) in [4.78, 5) is 25.2. The molecule has 22 heavy (non-hydrogen) atoms. The summed E-state index contributed by atoms with van der Waals surface area (Å²) in [5.74, 6) is 1.12. The average molecular weight is 305 g/mol. The van der Waals surface area contributed by atoms with Crippen molar-refractivity contribution in [2.75, 3.05) is 0 Å². The summed E-state index contributed by atoms with van der Waals surface area (Å²) in [5.41, 5.74) is -0.180. The van der Waals surface area contributed by atoms with E-state index in [1.807, 2.05) is 0 Å². The summed E-state index contributed by atoms with van der Waals surface area (Å²) in [5, 5.41) is 13.2. The molecular formula is C18H27NO3. The first-order valence-electron chi connectivity index (χ1n) is 8.88. The number of aliphatic hydroxyl groups is 1. The fourth-order valence-corrected chi connectivity index (χ4v) is 6.27. The SMILES string of the molecule is C[C@]12CC[C@H](O)CC1NC(=O)[C@@H]1[C@@H]2CC[C@]2(C)C(=O)CC[C@@H]12. The predicted molar refractivity (Wildman–Crippen MR) is 81.9 cm³/mol. The molecule has 4 nitrogen and oxygen atoms in total. The van der Waals surface area contributed by atoms with E-state index in [1.165, 1.54) is 0 Å². The minimum absolute atomic E-state index is 0.00157. The second kappa shape index (κ2) is 4.56. The lowest BCUT2D eigenvalue weighted by molar-refractivity contribution is -0.158. The molecule has 3 aliphatic carbocycles. The molecule has 0 spiro atoms. The molecule has 4 heteroatoms. The van der Waals surface area contributed by atoms with Crippen molar-refractivity contribution in [3.63, 3.8) is 0 Å². The molecule has 0 radical (unpaired) electrons. The van der Waals surface area contributed by atoms with E-state index in [0.29, 0.717) is 24.5 Å². The average Bonchev–Trinajstić information content (AvgIpc) is 2.77. The Bertz CT molecular complexity index is 532. The molecule has 2 N–H and O–H groups in total. The van der Waals surface area contributed by atoms with Crippen molar-refractivity contribution in [2.45, 2.75) is 70.9 Å². The summed E-state index contributed by atoms with van der Waals surface area (Å²) in [7, 11) is 0. The highest BCUT2D eigenvalue weighted by atomic mass is 16.3. The number of hydrogen-bond acceptors (Lipinski definition) is 3. The largest absolute Gasteiger partial charge is 0.393 e. The van der Waals surface area contributed by atoms with Crippen LogP contribution in [0.1, 0.15) is 58.8 Å². The Labute approximate surface area is 132 Å². The van der Waals surface area contributed by atoms with Crippen LogP contribution in [0.25, 0.3) is 0 Å². The number of carbonyl (C=O) groups excluding carboxylic acids is 2. The molecule has 3 saturated carbocycles. The number of rotatable bonds is 0. The molecule has 1 unspecified atom stereocenters. The van der Waals surface area contributed by atoms with Gasteiger partial charge in [-0.2, -0.15) is 0 Å². The van der Waals surface area contributed by atoms with E-state index in [9.17, 15) is 14.7 Å².